The summed E-state index contributed by atoms with van der Waals surface area (Å²) in [5.74, 6) is 0.673. The average Bonchev–Trinajstić information content (AvgIpc) is 2.79. The maximum absolute atomic E-state index is 11.9. The summed E-state index contributed by atoms with van der Waals surface area (Å²) in [6, 6.07) is 0. The van der Waals surface area contributed by atoms with Crippen molar-refractivity contribution >= 4 is 17.1 Å². The molecule has 2 heterocycles. The molecule has 0 aromatic carbocycles. The van der Waals surface area contributed by atoms with E-state index in [0.29, 0.717) is 31.1 Å². The van der Waals surface area contributed by atoms with E-state index in [4.69, 9.17) is 5.11 Å². The zero-order valence-corrected chi connectivity index (χ0v) is 11.6. The molecule has 110 valence electrons. The number of aliphatic hydroxyl groups excluding tert-OH is 1. The summed E-state index contributed by atoms with van der Waals surface area (Å²) in [4.78, 5) is 33.0. The molecule has 0 aliphatic heterocycles. The molecule has 0 saturated carbocycles. The van der Waals surface area contributed by atoms with Crippen molar-refractivity contribution in [3.63, 3.8) is 0 Å². The number of fused-ring (bicyclic) bond motifs is 1. The first-order valence-electron chi connectivity index (χ1n) is 6.60. The lowest BCUT2D eigenvalue weighted by molar-refractivity contribution is 0.292. The monoisotopic (exact) mass is 281 g/mol. The maximum Gasteiger partial charge on any atom is 0.330 e. The molecule has 0 bridgehead atoms. The maximum atomic E-state index is 11.9. The molecule has 0 radical (unpaired) electrons. The van der Waals surface area contributed by atoms with Gasteiger partial charge >= 0.3 is 5.69 Å². The summed E-state index contributed by atoms with van der Waals surface area (Å²) in [5.41, 5.74) is -0.312. The zero-order valence-electron chi connectivity index (χ0n) is 11.6. The lowest BCUT2D eigenvalue weighted by Crippen LogP contribution is -2.31. The Morgan fingerprint density at radius 2 is 2.10 bits per heavy atom. The highest BCUT2D eigenvalue weighted by molar-refractivity contribution is 5.72. The van der Waals surface area contributed by atoms with Gasteiger partial charge in [-0.1, -0.05) is 13.8 Å². The number of nitrogens with zero attached hydrogens (tertiary/aromatic N) is 2. The number of hydrogen-bond acceptors (Lipinski definition) is 5. The molecule has 0 amide bonds. The van der Waals surface area contributed by atoms with E-state index in [-0.39, 0.29) is 18.0 Å². The summed E-state index contributed by atoms with van der Waals surface area (Å²) < 4.78 is 1.45. The molecule has 0 unspecified atom stereocenters. The Labute approximate surface area is 114 Å². The highest BCUT2D eigenvalue weighted by Crippen LogP contribution is 2.10. The molecule has 0 fully saturated rings. The van der Waals surface area contributed by atoms with E-state index >= 15 is 0 Å². The Morgan fingerprint density at radius 3 is 2.75 bits per heavy atom. The topological polar surface area (TPSA) is 116 Å². The third kappa shape index (κ3) is 2.90. The second-order valence-corrected chi connectivity index (χ2v) is 5.05. The molecule has 0 spiro atoms. The van der Waals surface area contributed by atoms with Gasteiger partial charge in [-0.05, 0) is 12.3 Å². The predicted octanol–water partition coefficient (Wildman–Crippen LogP) is -0.137. The van der Waals surface area contributed by atoms with Gasteiger partial charge in [0.05, 0.1) is 0 Å². The van der Waals surface area contributed by atoms with Crippen LogP contribution in [0.3, 0.4) is 0 Å². The van der Waals surface area contributed by atoms with Crippen LogP contribution in [-0.4, -0.2) is 37.8 Å². The van der Waals surface area contributed by atoms with Crippen LogP contribution in [0.25, 0.3) is 11.2 Å². The minimum Gasteiger partial charge on any atom is -0.396 e. The first-order chi connectivity index (χ1) is 9.52. The van der Waals surface area contributed by atoms with E-state index in [1.165, 1.54) is 4.57 Å². The van der Waals surface area contributed by atoms with Crippen LogP contribution >= 0.6 is 0 Å². The third-order valence-electron chi connectivity index (χ3n) is 2.81. The highest BCUT2D eigenvalue weighted by Gasteiger charge is 2.13. The number of aliphatic hydroxyl groups is 1. The Kier molecular flexibility index (Phi) is 4.23. The van der Waals surface area contributed by atoms with Gasteiger partial charge in [-0.2, -0.15) is 4.98 Å². The van der Waals surface area contributed by atoms with Crippen LogP contribution < -0.4 is 16.6 Å². The number of anilines is 1. The molecule has 0 saturated heterocycles. The SMILES string of the molecule is CC(C)Cn1c(=O)[nH]c(=O)c2[nH]c(NCCCO)nc21. The lowest BCUT2D eigenvalue weighted by atomic mass is 10.2. The van der Waals surface area contributed by atoms with Crippen LogP contribution in [0.15, 0.2) is 9.59 Å². The number of nitrogens with one attached hydrogen (secondary N) is 3. The van der Waals surface area contributed by atoms with Crippen molar-refractivity contribution in [3.8, 4) is 0 Å². The molecule has 0 atom stereocenters. The van der Waals surface area contributed by atoms with Crippen molar-refractivity contribution in [2.75, 3.05) is 18.5 Å². The Balaban J connectivity index is 2.45. The van der Waals surface area contributed by atoms with E-state index in [1.807, 2.05) is 13.8 Å². The average molecular weight is 281 g/mol. The third-order valence-corrected chi connectivity index (χ3v) is 2.81. The number of rotatable bonds is 6. The van der Waals surface area contributed by atoms with Gasteiger partial charge in [0.15, 0.2) is 11.2 Å². The van der Waals surface area contributed by atoms with Crippen molar-refractivity contribution in [3.05, 3.63) is 20.8 Å². The van der Waals surface area contributed by atoms with Crippen LogP contribution in [0.1, 0.15) is 20.3 Å². The molecule has 20 heavy (non-hydrogen) atoms. The summed E-state index contributed by atoms with van der Waals surface area (Å²) in [6.45, 7) is 5.05. The van der Waals surface area contributed by atoms with Crippen molar-refractivity contribution in [2.45, 2.75) is 26.8 Å². The van der Waals surface area contributed by atoms with Gasteiger partial charge < -0.3 is 15.4 Å². The normalized spacial score (nSPS) is 11.4. The molecule has 2 aromatic heterocycles. The molecule has 0 aliphatic rings. The quantitative estimate of drug-likeness (QED) is 0.550. The van der Waals surface area contributed by atoms with Crippen LogP contribution in [-0.2, 0) is 6.54 Å². The Morgan fingerprint density at radius 1 is 1.35 bits per heavy atom. The minimum atomic E-state index is -0.479. The molecular formula is C12H19N5O3. The summed E-state index contributed by atoms with van der Waals surface area (Å²) in [6.07, 6.45) is 0.576. The van der Waals surface area contributed by atoms with Gasteiger partial charge in [-0.15, -0.1) is 0 Å². The lowest BCUT2D eigenvalue weighted by Gasteiger charge is -2.07. The minimum absolute atomic E-state index is 0.0753. The fraction of sp³-hybridized carbons (Fsp3) is 0.583. The number of imidazole rings is 1. The zero-order chi connectivity index (χ0) is 14.7. The van der Waals surface area contributed by atoms with Crippen molar-refractivity contribution in [1.29, 1.82) is 0 Å². The number of aromatic nitrogens is 4. The molecule has 4 N–H and O–H groups in total. The van der Waals surface area contributed by atoms with Gasteiger partial charge in [0.25, 0.3) is 5.56 Å². The molecule has 8 heteroatoms. The Hall–Kier alpha value is -2.09. The predicted molar refractivity (Wildman–Crippen MR) is 76.0 cm³/mol. The van der Waals surface area contributed by atoms with E-state index < -0.39 is 11.2 Å². The molecule has 0 aliphatic carbocycles. The summed E-state index contributed by atoms with van der Waals surface area (Å²) in [7, 11) is 0. The first-order valence-corrected chi connectivity index (χ1v) is 6.60. The van der Waals surface area contributed by atoms with Crippen molar-refractivity contribution < 1.29 is 5.11 Å². The molecular weight excluding hydrogens is 262 g/mol. The van der Waals surface area contributed by atoms with Crippen LogP contribution in [0, 0.1) is 5.92 Å². The summed E-state index contributed by atoms with van der Waals surface area (Å²) in [5, 5.41) is 11.7. The summed E-state index contributed by atoms with van der Waals surface area (Å²) >= 11 is 0. The number of H-pyrrole nitrogens is 2. The van der Waals surface area contributed by atoms with E-state index in [9.17, 15) is 9.59 Å². The Bertz CT molecular complexity index is 697. The van der Waals surface area contributed by atoms with Gasteiger partial charge in [-0.25, -0.2) is 4.79 Å². The first kappa shape index (κ1) is 14.3. The van der Waals surface area contributed by atoms with Gasteiger partial charge in [-0.3, -0.25) is 14.3 Å². The number of hydrogen-bond donors (Lipinski definition) is 4. The van der Waals surface area contributed by atoms with E-state index in [0.717, 1.165) is 0 Å². The van der Waals surface area contributed by atoms with Crippen LogP contribution in [0.2, 0.25) is 0 Å². The smallest absolute Gasteiger partial charge is 0.330 e. The van der Waals surface area contributed by atoms with E-state index in [1.54, 1.807) is 0 Å². The van der Waals surface area contributed by atoms with Crippen molar-refractivity contribution in [2.24, 2.45) is 5.92 Å². The second kappa shape index (κ2) is 5.91. The van der Waals surface area contributed by atoms with Gasteiger partial charge in [0.1, 0.15) is 0 Å². The van der Waals surface area contributed by atoms with Crippen molar-refractivity contribution in [1.82, 2.24) is 19.5 Å². The fourth-order valence-corrected chi connectivity index (χ4v) is 1.95. The number of aromatic amines is 2. The van der Waals surface area contributed by atoms with Gasteiger partial charge in [0, 0.05) is 19.7 Å². The fourth-order valence-electron chi connectivity index (χ4n) is 1.95. The molecule has 2 aromatic rings. The molecule has 2 rings (SSSR count). The van der Waals surface area contributed by atoms with Gasteiger partial charge in [0.2, 0.25) is 5.95 Å². The highest BCUT2D eigenvalue weighted by atomic mass is 16.3. The van der Waals surface area contributed by atoms with E-state index in [2.05, 4.69) is 20.3 Å². The second-order valence-electron chi connectivity index (χ2n) is 5.05. The molecule has 8 nitrogen and oxygen atoms in total. The van der Waals surface area contributed by atoms with Crippen LogP contribution in [0.5, 0.6) is 0 Å². The standard InChI is InChI=1S/C12H19N5O3/c1-7(2)6-17-9-8(10(19)16-12(17)20)14-11(15-9)13-4-3-5-18/h7,18H,3-6H2,1-2H3,(H2,13,14,15)(H,16,19,20). The largest absolute Gasteiger partial charge is 0.396 e. The van der Waals surface area contributed by atoms with Crippen LogP contribution in [0.4, 0.5) is 5.95 Å².